The minimum atomic E-state index is 0.805. The van der Waals surface area contributed by atoms with Crippen molar-refractivity contribution in [1.29, 1.82) is 0 Å². The highest BCUT2D eigenvalue weighted by Crippen LogP contribution is 2.53. The van der Waals surface area contributed by atoms with Gasteiger partial charge in [-0.15, -0.1) is 0 Å². The maximum Gasteiger partial charge on any atom is 0.0631 e. The van der Waals surface area contributed by atoms with Crippen molar-refractivity contribution in [2.24, 2.45) is 0 Å². The van der Waals surface area contributed by atoms with E-state index in [1.165, 1.54) is 0 Å². The van der Waals surface area contributed by atoms with Crippen LogP contribution in [0.5, 0.6) is 0 Å². The lowest BCUT2D eigenvalue weighted by Crippen LogP contribution is -2.24. The maximum absolute atomic E-state index is 4.20. The molecule has 296 valence electrons. The topological polar surface area (TPSA) is 3.24 Å². The van der Waals surface area contributed by atoms with E-state index in [0.717, 1.165) is 72.8 Å². The first-order chi connectivity index (χ1) is 28.9. The van der Waals surface area contributed by atoms with Gasteiger partial charge >= 0.3 is 0 Å². The van der Waals surface area contributed by atoms with Crippen molar-refractivity contribution in [1.82, 2.24) is 0 Å². The Hall–Kier alpha value is -7.48. The summed E-state index contributed by atoms with van der Waals surface area (Å²) in [5, 5.41) is 0. The summed E-state index contributed by atoms with van der Waals surface area (Å²) in [5.74, 6) is 0. The first-order valence-corrected chi connectivity index (χ1v) is 19.4. The van der Waals surface area contributed by atoms with Crippen molar-refractivity contribution < 1.29 is 0 Å². The van der Waals surface area contributed by atoms with Gasteiger partial charge in [-0.1, -0.05) is 242 Å². The van der Waals surface area contributed by atoms with E-state index in [2.05, 4.69) is 125 Å². The first kappa shape index (κ1) is 47.7. The molecule has 0 fully saturated rings. The molecule has 0 unspecified atom stereocenters. The predicted molar refractivity (Wildman–Crippen MR) is 271 cm³/mol. The molecule has 0 aliphatic carbocycles. The predicted octanol–water partition coefficient (Wildman–Crippen LogP) is 16.7. The van der Waals surface area contributed by atoms with Crippen LogP contribution in [0.25, 0.3) is 33.4 Å². The molecule has 0 bridgehead atoms. The van der Waals surface area contributed by atoms with E-state index in [-0.39, 0.29) is 0 Å². The molecule has 0 saturated heterocycles. The quantitative estimate of drug-likeness (QED) is 0.0961. The van der Waals surface area contributed by atoms with Crippen molar-refractivity contribution in [3.63, 3.8) is 0 Å². The number of hydrogen-bond acceptors (Lipinski definition) is 1. The largest absolute Gasteiger partial charge is 0.309 e. The molecule has 0 saturated carbocycles. The molecule has 1 heteroatoms. The Balaban J connectivity index is 4.28. The zero-order valence-electron chi connectivity index (χ0n) is 35.1. The summed E-state index contributed by atoms with van der Waals surface area (Å²) in [5.41, 5.74) is 11.6. The summed E-state index contributed by atoms with van der Waals surface area (Å²) in [6.07, 6.45) is 54.2. The Bertz CT molecular complexity index is 2280. The van der Waals surface area contributed by atoms with Gasteiger partial charge in [-0.25, -0.2) is 0 Å². The van der Waals surface area contributed by atoms with Gasteiger partial charge in [0.05, 0.1) is 5.69 Å². The monoisotopic (exact) mass is 769 g/mol. The zero-order valence-corrected chi connectivity index (χ0v) is 35.1. The van der Waals surface area contributed by atoms with Crippen LogP contribution >= 0.6 is 0 Å². The fourth-order valence-corrected chi connectivity index (χ4v) is 6.48. The molecule has 0 atom stereocenters. The Morgan fingerprint density at radius 1 is 0.390 bits per heavy atom. The van der Waals surface area contributed by atoms with Gasteiger partial charge < -0.3 is 4.90 Å². The Kier molecular flexibility index (Phi) is 22.0. The molecular weight excluding hydrogens is 711 g/mol. The number of hydrogen-bond donors (Lipinski definition) is 0. The summed E-state index contributed by atoms with van der Waals surface area (Å²) in [4.78, 5) is 2.24. The minimum absolute atomic E-state index is 0.805. The third-order valence-corrected chi connectivity index (χ3v) is 8.52. The first-order valence-electron chi connectivity index (χ1n) is 19.4. The fraction of sp³-hybridized carbons (Fsp3) is 0.0345. The third kappa shape index (κ3) is 12.8. The molecule has 2 rings (SSSR count). The molecule has 59 heavy (non-hydrogen) atoms. The van der Waals surface area contributed by atoms with E-state index in [1.807, 2.05) is 123 Å². The number of rotatable bonds is 24. The average Bonchev–Trinajstić information content (AvgIpc) is 3.24. The Morgan fingerprint density at radius 3 is 1.20 bits per heavy atom. The van der Waals surface area contributed by atoms with E-state index in [0.29, 0.717) is 0 Å². The number of allylic oxidation sites excluding steroid dienone is 32. The highest BCUT2D eigenvalue weighted by molar-refractivity contribution is 6.10. The summed E-state index contributed by atoms with van der Waals surface area (Å²) in [7, 11) is 0. The van der Waals surface area contributed by atoms with Gasteiger partial charge in [0.15, 0.2) is 0 Å². The van der Waals surface area contributed by atoms with Crippen LogP contribution in [0.2, 0.25) is 0 Å². The second-order valence-corrected chi connectivity index (χ2v) is 12.4. The second kappa shape index (κ2) is 27.2. The van der Waals surface area contributed by atoms with Crippen LogP contribution in [0.4, 0.5) is 5.69 Å². The van der Waals surface area contributed by atoms with Crippen LogP contribution < -0.4 is 4.90 Å². The van der Waals surface area contributed by atoms with E-state index in [4.69, 9.17) is 0 Å². The summed E-state index contributed by atoms with van der Waals surface area (Å²) in [6, 6.07) is 10.4. The van der Waals surface area contributed by atoms with Crippen molar-refractivity contribution in [3.05, 3.63) is 300 Å². The van der Waals surface area contributed by atoms with E-state index >= 15 is 0 Å². The molecule has 0 heterocycles. The second-order valence-electron chi connectivity index (χ2n) is 12.4. The summed E-state index contributed by atoms with van der Waals surface area (Å²) >= 11 is 0. The van der Waals surface area contributed by atoms with Gasteiger partial charge in [0.1, 0.15) is 0 Å². The molecule has 0 aliphatic heterocycles. The van der Waals surface area contributed by atoms with E-state index in [9.17, 15) is 0 Å². The summed E-state index contributed by atoms with van der Waals surface area (Å²) in [6.45, 7) is 45.3. The highest BCUT2D eigenvalue weighted by Gasteiger charge is 2.33. The van der Waals surface area contributed by atoms with Crippen molar-refractivity contribution in [3.8, 4) is 11.1 Å². The van der Waals surface area contributed by atoms with Gasteiger partial charge in [0.2, 0.25) is 0 Å². The van der Waals surface area contributed by atoms with E-state index in [1.54, 1.807) is 36.5 Å². The van der Waals surface area contributed by atoms with Crippen molar-refractivity contribution >= 4 is 28.0 Å². The maximum atomic E-state index is 4.20. The molecule has 0 aliphatic rings. The Morgan fingerprint density at radius 2 is 0.780 bits per heavy atom. The number of anilines is 1. The lowest BCUT2D eigenvalue weighted by Gasteiger charge is -2.36. The van der Waals surface area contributed by atoms with Gasteiger partial charge in [0, 0.05) is 33.6 Å². The molecule has 0 amide bonds. The van der Waals surface area contributed by atoms with E-state index < -0.39 is 0 Å². The minimum Gasteiger partial charge on any atom is -0.309 e. The van der Waals surface area contributed by atoms with Crippen LogP contribution in [-0.4, -0.2) is 0 Å². The van der Waals surface area contributed by atoms with Crippen molar-refractivity contribution in [2.75, 3.05) is 4.90 Å². The highest BCUT2D eigenvalue weighted by atomic mass is 15.2. The molecule has 2 aromatic carbocycles. The molecule has 0 N–H and O–H groups in total. The Labute approximate surface area is 356 Å². The zero-order chi connectivity index (χ0) is 43.4. The van der Waals surface area contributed by atoms with Crippen LogP contribution in [0.1, 0.15) is 36.1 Å². The van der Waals surface area contributed by atoms with Gasteiger partial charge in [0.25, 0.3) is 0 Å². The molecular formula is C58H59N. The van der Waals surface area contributed by atoms with Crippen LogP contribution in [0.3, 0.4) is 0 Å². The third-order valence-electron chi connectivity index (χ3n) is 8.52. The molecule has 2 aromatic rings. The van der Waals surface area contributed by atoms with Crippen LogP contribution in [-0.2, 0) is 0 Å². The summed E-state index contributed by atoms with van der Waals surface area (Å²) < 4.78 is 0. The molecule has 1 nitrogen and oxygen atoms in total. The SMILES string of the molecule is C=C/C=C\C(=C/C=C)c1c(C(/C=C\C=C)=C/C=C)c(-c2ccccc2)c(C(/C=C\C=C)=C/C=C)c(N(C(/C=C\C)=C/C=C)C(/C=C\C=C)=C/C=C)c1C(/C=C\C)=C/C=C. The molecule has 0 aromatic heterocycles. The number of benzene rings is 2. The fourth-order valence-electron chi connectivity index (χ4n) is 6.48. The van der Waals surface area contributed by atoms with Gasteiger partial charge in [-0.05, 0) is 71.6 Å². The standard InChI is InChI=1S/C58H59N/c1-13-25-40-47(34-19-7)53-54(48(35-20-8)41-26-14-2)56(46(32-17-5)33-18-6)58(59(51(37-22-10)38-23-11)52(39-24-12)45-28-16-4)57(49(36-21-9)42-27-15-3)55(53)50-43-30-29-31-44-50/h13-45H,1-5,7-10,12H2,6,11H3/b33-18-,38-23-,40-25-,41-26-,42-27-,45-28-,46-32+,47-34+,48-35+,49-36+,51-37+,52-39+. The van der Waals surface area contributed by atoms with Crippen LogP contribution in [0.15, 0.2) is 278 Å². The lowest BCUT2D eigenvalue weighted by atomic mass is 9.75. The molecule has 0 radical (unpaired) electrons. The molecule has 0 spiro atoms. The van der Waals surface area contributed by atoms with Gasteiger partial charge in [-0.2, -0.15) is 0 Å². The average molecular weight is 770 g/mol. The number of nitrogens with zero attached hydrogens (tertiary/aromatic N) is 1. The van der Waals surface area contributed by atoms with Crippen molar-refractivity contribution in [2.45, 2.75) is 13.8 Å². The van der Waals surface area contributed by atoms with Gasteiger partial charge in [-0.3, -0.25) is 0 Å². The van der Waals surface area contributed by atoms with Crippen LogP contribution in [0, 0.1) is 0 Å². The smallest absolute Gasteiger partial charge is 0.0631 e. The normalized spacial score (nSPS) is 13.5. The lowest BCUT2D eigenvalue weighted by molar-refractivity contribution is 1.13.